The van der Waals surface area contributed by atoms with Gasteiger partial charge in [-0.25, -0.2) is 0 Å². The molecule has 0 amide bonds. The molecule has 0 aliphatic heterocycles. The Morgan fingerprint density at radius 2 is 1.44 bits per heavy atom. The Balaban J connectivity index is 2.36. The van der Waals surface area contributed by atoms with Crippen LogP contribution in [0, 0.1) is 0 Å². The molecule has 1 N–H and O–H groups in total. The summed E-state index contributed by atoms with van der Waals surface area (Å²) in [6.45, 7) is 6.06. The van der Waals surface area contributed by atoms with Gasteiger partial charge in [-0.2, -0.15) is 13.2 Å². The summed E-state index contributed by atoms with van der Waals surface area (Å²) in [5.41, 5.74) is -3.01. The highest BCUT2D eigenvalue weighted by Gasteiger charge is 2.54. The van der Waals surface area contributed by atoms with E-state index in [1.54, 1.807) is 12.1 Å². The Kier molecular flexibility index (Phi) is 5.59. The first-order valence-corrected chi connectivity index (χ1v) is 11.2. The van der Waals surface area contributed by atoms with Crippen molar-refractivity contribution in [1.29, 1.82) is 0 Å². The van der Waals surface area contributed by atoms with Crippen LogP contribution in [0.25, 0.3) is 0 Å². The normalized spacial score (nSPS) is 15.7. The predicted molar refractivity (Wildman–Crippen MR) is 98.3 cm³/mol. The van der Waals surface area contributed by atoms with Crippen molar-refractivity contribution in [1.82, 2.24) is 0 Å². The van der Waals surface area contributed by atoms with E-state index in [4.69, 9.17) is 0 Å². The molecule has 0 aromatic heterocycles. The molecular weight excluding hydrogens is 341 g/mol. The molecule has 0 fully saturated rings. The van der Waals surface area contributed by atoms with Gasteiger partial charge in [0.15, 0.2) is 5.60 Å². The zero-order valence-electron chi connectivity index (χ0n) is 14.6. The number of hydrogen-bond donors (Lipinski definition) is 1. The van der Waals surface area contributed by atoms with E-state index in [2.05, 4.69) is 13.1 Å². The molecule has 2 rings (SSSR count). The van der Waals surface area contributed by atoms with E-state index in [-0.39, 0.29) is 5.56 Å². The van der Waals surface area contributed by atoms with Crippen molar-refractivity contribution in [2.75, 3.05) is 0 Å². The Labute approximate surface area is 147 Å². The molecule has 0 saturated carbocycles. The fourth-order valence-corrected chi connectivity index (χ4v) is 4.84. The lowest BCUT2D eigenvalue weighted by molar-refractivity contribution is -0.265. The van der Waals surface area contributed by atoms with Gasteiger partial charge in [-0.15, -0.1) is 0 Å². The van der Waals surface area contributed by atoms with Crippen LogP contribution in [0.4, 0.5) is 13.2 Å². The Morgan fingerprint density at radius 1 is 0.960 bits per heavy atom. The van der Waals surface area contributed by atoms with Crippen molar-refractivity contribution in [3.63, 3.8) is 0 Å². The van der Waals surface area contributed by atoms with Gasteiger partial charge in [0.2, 0.25) is 0 Å². The fourth-order valence-electron chi connectivity index (χ4n) is 2.75. The molecule has 2 aromatic rings. The molecule has 0 radical (unpaired) electrons. The molecule has 1 nitrogen and oxygen atoms in total. The van der Waals surface area contributed by atoms with Gasteiger partial charge < -0.3 is 5.11 Å². The zero-order valence-corrected chi connectivity index (χ0v) is 15.6. The van der Waals surface area contributed by atoms with Gasteiger partial charge in [0.05, 0.1) is 0 Å². The average Bonchev–Trinajstić information content (AvgIpc) is 2.59. The van der Waals surface area contributed by atoms with Crippen molar-refractivity contribution >= 4 is 13.3 Å². The highest BCUT2D eigenvalue weighted by molar-refractivity contribution is 6.95. The SMILES string of the molecule is C/C(=C\C[C@@](O)(c1ccccc1)C(F)(F)F)[Si](C)(C)c1ccccc1. The van der Waals surface area contributed by atoms with Gasteiger partial charge in [-0.1, -0.05) is 90.2 Å². The predicted octanol–water partition coefficient (Wildman–Crippen LogP) is 4.93. The first kappa shape index (κ1) is 19.5. The summed E-state index contributed by atoms with van der Waals surface area (Å²) in [6.07, 6.45) is -3.68. The van der Waals surface area contributed by atoms with Gasteiger partial charge in [0.25, 0.3) is 0 Å². The van der Waals surface area contributed by atoms with E-state index in [1.807, 2.05) is 37.3 Å². The molecule has 0 heterocycles. The Hall–Kier alpha value is -1.85. The summed E-state index contributed by atoms with van der Waals surface area (Å²) >= 11 is 0. The lowest BCUT2D eigenvalue weighted by atomic mass is 9.89. The third-order valence-electron chi connectivity index (χ3n) is 4.91. The molecule has 0 unspecified atom stereocenters. The zero-order chi connectivity index (χ0) is 18.7. The average molecular weight is 364 g/mol. The van der Waals surface area contributed by atoms with E-state index in [0.717, 1.165) is 10.4 Å². The highest BCUT2D eigenvalue weighted by Crippen LogP contribution is 2.42. The summed E-state index contributed by atoms with van der Waals surface area (Å²) in [5, 5.41) is 12.5. The number of alkyl halides is 3. The van der Waals surface area contributed by atoms with Gasteiger partial charge in [0, 0.05) is 6.42 Å². The quantitative estimate of drug-likeness (QED) is 0.746. The molecule has 0 bridgehead atoms. The van der Waals surface area contributed by atoms with Crippen molar-refractivity contribution in [2.24, 2.45) is 0 Å². The number of rotatable bonds is 5. The standard InChI is InChI=1S/C20H23F3OSi/c1-16(25(2,3)18-12-8-5-9-13-18)14-15-19(24,20(21,22)23)17-10-6-4-7-11-17/h4-14,24H,15H2,1-3H3/b16-14+/t19-/m1/s1. The Morgan fingerprint density at radius 3 is 1.92 bits per heavy atom. The molecule has 0 saturated heterocycles. The number of aliphatic hydroxyl groups is 1. The minimum absolute atomic E-state index is 0.134. The van der Waals surface area contributed by atoms with E-state index >= 15 is 0 Å². The van der Waals surface area contributed by atoms with Crippen LogP contribution in [0.15, 0.2) is 71.9 Å². The number of halogens is 3. The molecular formula is C20H23F3OSi. The van der Waals surface area contributed by atoms with Crippen LogP contribution in [0.5, 0.6) is 0 Å². The van der Waals surface area contributed by atoms with Crippen LogP contribution in [0.2, 0.25) is 13.1 Å². The lowest BCUT2D eigenvalue weighted by Gasteiger charge is -2.31. The van der Waals surface area contributed by atoms with Crippen molar-refractivity contribution < 1.29 is 18.3 Å². The fraction of sp³-hybridized carbons (Fsp3) is 0.300. The minimum Gasteiger partial charge on any atom is -0.376 e. The van der Waals surface area contributed by atoms with Crippen LogP contribution < -0.4 is 5.19 Å². The topological polar surface area (TPSA) is 20.2 Å². The van der Waals surface area contributed by atoms with Gasteiger partial charge >= 0.3 is 6.18 Å². The van der Waals surface area contributed by atoms with Gasteiger partial charge in [-0.05, 0) is 12.5 Å². The summed E-state index contributed by atoms with van der Waals surface area (Å²) in [4.78, 5) is 0. The van der Waals surface area contributed by atoms with Crippen molar-refractivity contribution in [2.45, 2.75) is 38.2 Å². The summed E-state index contributed by atoms with van der Waals surface area (Å²) in [6, 6.07) is 17.1. The second kappa shape index (κ2) is 7.18. The maximum Gasteiger partial charge on any atom is 0.421 e. The second-order valence-corrected chi connectivity index (χ2v) is 11.4. The maximum atomic E-state index is 13.6. The molecule has 0 aliphatic carbocycles. The first-order valence-electron chi connectivity index (χ1n) is 8.16. The Bertz CT molecular complexity index is 724. The highest BCUT2D eigenvalue weighted by atomic mass is 28.3. The maximum absolute atomic E-state index is 13.6. The molecule has 25 heavy (non-hydrogen) atoms. The summed E-state index contributed by atoms with van der Waals surface area (Å²) < 4.78 is 40.8. The third kappa shape index (κ3) is 4.04. The largest absolute Gasteiger partial charge is 0.421 e. The van der Waals surface area contributed by atoms with Crippen LogP contribution in [-0.2, 0) is 5.60 Å². The number of hydrogen-bond acceptors (Lipinski definition) is 1. The molecule has 5 heteroatoms. The van der Waals surface area contributed by atoms with E-state index in [1.165, 1.54) is 24.3 Å². The smallest absolute Gasteiger partial charge is 0.376 e. The molecule has 2 aromatic carbocycles. The lowest BCUT2D eigenvalue weighted by Crippen LogP contribution is -2.44. The van der Waals surface area contributed by atoms with Crippen LogP contribution in [-0.4, -0.2) is 19.4 Å². The van der Waals surface area contributed by atoms with Crippen molar-refractivity contribution in [3.8, 4) is 0 Å². The van der Waals surface area contributed by atoms with Crippen LogP contribution in [0.1, 0.15) is 18.9 Å². The third-order valence-corrected chi connectivity index (χ3v) is 8.86. The molecule has 134 valence electrons. The van der Waals surface area contributed by atoms with Gasteiger partial charge in [-0.3, -0.25) is 0 Å². The van der Waals surface area contributed by atoms with Gasteiger partial charge in [0.1, 0.15) is 8.07 Å². The first-order chi connectivity index (χ1) is 11.6. The molecule has 0 aliphatic rings. The number of benzene rings is 2. The minimum atomic E-state index is -4.75. The molecule has 1 atom stereocenters. The van der Waals surface area contributed by atoms with E-state index in [9.17, 15) is 18.3 Å². The summed E-state index contributed by atoms with van der Waals surface area (Å²) in [5.74, 6) is 0. The van der Waals surface area contributed by atoms with E-state index < -0.39 is 26.3 Å². The monoisotopic (exact) mass is 364 g/mol. The second-order valence-electron chi connectivity index (χ2n) is 6.81. The van der Waals surface area contributed by atoms with Crippen LogP contribution in [0.3, 0.4) is 0 Å². The number of allylic oxidation sites excluding steroid dienone is 1. The van der Waals surface area contributed by atoms with E-state index in [0.29, 0.717) is 0 Å². The summed E-state index contributed by atoms with van der Waals surface area (Å²) in [7, 11) is -2.06. The van der Waals surface area contributed by atoms with Crippen molar-refractivity contribution in [3.05, 3.63) is 77.5 Å². The van der Waals surface area contributed by atoms with Crippen LogP contribution >= 0.6 is 0 Å². The molecule has 0 spiro atoms.